The van der Waals surface area contributed by atoms with Crippen LogP contribution in [0.5, 0.6) is 5.75 Å². The van der Waals surface area contributed by atoms with Crippen molar-refractivity contribution in [2.75, 3.05) is 11.9 Å². The molecule has 4 nitrogen and oxygen atoms in total. The van der Waals surface area contributed by atoms with Crippen molar-refractivity contribution in [2.24, 2.45) is 0 Å². The van der Waals surface area contributed by atoms with Crippen molar-refractivity contribution in [3.8, 4) is 17.0 Å². The molecule has 0 fully saturated rings. The first-order chi connectivity index (χ1) is 12.6. The third-order valence-electron chi connectivity index (χ3n) is 3.69. The number of hydrogen-bond donors (Lipinski definition) is 1. The van der Waals surface area contributed by atoms with Gasteiger partial charge in [-0.05, 0) is 49.8 Å². The molecule has 0 radical (unpaired) electrons. The van der Waals surface area contributed by atoms with Gasteiger partial charge in [0, 0.05) is 22.7 Å². The summed E-state index contributed by atoms with van der Waals surface area (Å²) in [7, 11) is 0. The zero-order valence-electron chi connectivity index (χ0n) is 14.7. The lowest BCUT2D eigenvalue weighted by Crippen LogP contribution is -2.07. The maximum Gasteiger partial charge on any atom is 0.248 e. The fourth-order valence-corrected chi connectivity index (χ4v) is 3.04. The Labute approximate surface area is 157 Å². The Morgan fingerprint density at radius 2 is 1.88 bits per heavy atom. The number of rotatable bonds is 6. The number of aromatic nitrogens is 1. The first-order valence-electron chi connectivity index (χ1n) is 8.38. The lowest BCUT2D eigenvalue weighted by Gasteiger charge is -2.04. The molecule has 1 amide bonds. The van der Waals surface area contributed by atoms with E-state index in [9.17, 15) is 4.79 Å². The van der Waals surface area contributed by atoms with E-state index >= 15 is 0 Å². The van der Waals surface area contributed by atoms with Gasteiger partial charge in [0.25, 0.3) is 0 Å². The summed E-state index contributed by atoms with van der Waals surface area (Å²) in [5, 5.41) is 5.93. The Bertz CT molecular complexity index is 897. The second-order valence-electron chi connectivity index (χ2n) is 5.65. The second kappa shape index (κ2) is 8.45. The molecular weight excluding hydrogens is 344 g/mol. The third-order valence-corrected chi connectivity index (χ3v) is 4.46. The summed E-state index contributed by atoms with van der Waals surface area (Å²) in [6.45, 7) is 4.57. The van der Waals surface area contributed by atoms with Crippen LogP contribution in [0, 0.1) is 6.92 Å². The number of hydrogen-bond acceptors (Lipinski definition) is 4. The molecule has 1 heterocycles. The molecule has 0 aliphatic carbocycles. The van der Waals surface area contributed by atoms with E-state index in [-0.39, 0.29) is 5.91 Å². The van der Waals surface area contributed by atoms with Gasteiger partial charge in [0.2, 0.25) is 5.91 Å². The van der Waals surface area contributed by atoms with Crippen molar-refractivity contribution in [1.29, 1.82) is 0 Å². The lowest BCUT2D eigenvalue weighted by atomic mass is 10.1. The number of thiazole rings is 1. The Morgan fingerprint density at radius 3 is 2.50 bits per heavy atom. The SMILES string of the molecule is CCOc1ccc(/C=C/C(=O)Nc2ccc(-c3csc(C)n3)cc2)cc1. The van der Waals surface area contributed by atoms with Gasteiger partial charge in [0.05, 0.1) is 17.3 Å². The van der Waals surface area contributed by atoms with Gasteiger partial charge in [0.15, 0.2) is 0 Å². The van der Waals surface area contributed by atoms with Crippen molar-refractivity contribution in [3.63, 3.8) is 0 Å². The predicted octanol–water partition coefficient (Wildman–Crippen LogP) is 5.17. The zero-order chi connectivity index (χ0) is 18.4. The van der Waals surface area contributed by atoms with Crippen LogP contribution in [0.25, 0.3) is 17.3 Å². The summed E-state index contributed by atoms with van der Waals surface area (Å²) in [4.78, 5) is 16.5. The lowest BCUT2D eigenvalue weighted by molar-refractivity contribution is -0.111. The quantitative estimate of drug-likeness (QED) is 0.614. The van der Waals surface area contributed by atoms with Gasteiger partial charge in [0.1, 0.15) is 5.75 Å². The van der Waals surface area contributed by atoms with Crippen LogP contribution < -0.4 is 10.1 Å². The Balaban J connectivity index is 1.59. The van der Waals surface area contributed by atoms with E-state index in [2.05, 4.69) is 10.3 Å². The molecule has 1 N–H and O–H groups in total. The fourth-order valence-electron chi connectivity index (χ4n) is 2.42. The van der Waals surface area contributed by atoms with Crippen LogP contribution in [0.15, 0.2) is 60.0 Å². The van der Waals surface area contributed by atoms with Crippen LogP contribution >= 0.6 is 11.3 Å². The van der Waals surface area contributed by atoms with Gasteiger partial charge in [-0.25, -0.2) is 4.98 Å². The highest BCUT2D eigenvalue weighted by Crippen LogP contribution is 2.23. The highest BCUT2D eigenvalue weighted by atomic mass is 32.1. The number of aryl methyl sites for hydroxylation is 1. The Kier molecular flexibility index (Phi) is 5.81. The van der Waals surface area contributed by atoms with Crippen molar-refractivity contribution in [2.45, 2.75) is 13.8 Å². The standard InChI is InChI=1S/C21H20N2O2S/c1-3-25-19-11-4-16(5-12-19)6-13-21(24)23-18-9-7-17(8-10-18)20-14-26-15(2)22-20/h4-14H,3H2,1-2H3,(H,23,24)/b13-6+. The Hall–Kier alpha value is -2.92. The van der Waals surface area contributed by atoms with Gasteiger partial charge in [-0.2, -0.15) is 0 Å². The zero-order valence-corrected chi connectivity index (χ0v) is 15.5. The summed E-state index contributed by atoms with van der Waals surface area (Å²) in [6.07, 6.45) is 3.30. The van der Waals surface area contributed by atoms with Gasteiger partial charge >= 0.3 is 0 Å². The molecule has 0 unspecified atom stereocenters. The molecule has 0 saturated heterocycles. The van der Waals surface area contributed by atoms with Crippen LogP contribution in [0.2, 0.25) is 0 Å². The molecule has 3 rings (SSSR count). The van der Waals surface area contributed by atoms with E-state index in [1.165, 1.54) is 6.08 Å². The summed E-state index contributed by atoms with van der Waals surface area (Å²) < 4.78 is 5.40. The molecule has 0 aliphatic heterocycles. The largest absolute Gasteiger partial charge is 0.494 e. The van der Waals surface area contributed by atoms with E-state index in [4.69, 9.17) is 4.74 Å². The number of benzene rings is 2. The van der Waals surface area contributed by atoms with E-state index in [1.807, 2.05) is 67.8 Å². The molecule has 5 heteroatoms. The summed E-state index contributed by atoms with van der Waals surface area (Å²) >= 11 is 1.62. The maximum atomic E-state index is 12.1. The average Bonchev–Trinajstić information content (AvgIpc) is 3.08. The first kappa shape index (κ1) is 17.9. The minimum atomic E-state index is -0.170. The van der Waals surface area contributed by atoms with Gasteiger partial charge in [-0.1, -0.05) is 24.3 Å². The predicted molar refractivity (Wildman–Crippen MR) is 108 cm³/mol. The fraction of sp³-hybridized carbons (Fsp3) is 0.143. The molecule has 0 spiro atoms. The van der Waals surface area contributed by atoms with Gasteiger partial charge in [-0.15, -0.1) is 11.3 Å². The number of carbonyl (C=O) groups excluding carboxylic acids is 1. The van der Waals surface area contributed by atoms with Crippen molar-refractivity contribution in [1.82, 2.24) is 4.98 Å². The van der Waals surface area contributed by atoms with Crippen LogP contribution in [0.1, 0.15) is 17.5 Å². The Morgan fingerprint density at radius 1 is 1.15 bits per heavy atom. The number of anilines is 1. The molecule has 3 aromatic rings. The highest BCUT2D eigenvalue weighted by molar-refractivity contribution is 7.09. The van der Waals surface area contributed by atoms with Crippen LogP contribution in [-0.4, -0.2) is 17.5 Å². The first-order valence-corrected chi connectivity index (χ1v) is 9.26. The van der Waals surface area contributed by atoms with E-state index < -0.39 is 0 Å². The normalized spacial score (nSPS) is 10.8. The van der Waals surface area contributed by atoms with E-state index in [0.717, 1.165) is 33.3 Å². The summed E-state index contributed by atoms with van der Waals surface area (Å²) in [5.41, 5.74) is 3.69. The van der Waals surface area contributed by atoms with E-state index in [0.29, 0.717) is 6.61 Å². The summed E-state index contributed by atoms with van der Waals surface area (Å²) in [6, 6.07) is 15.3. The van der Waals surface area contributed by atoms with Crippen molar-refractivity contribution < 1.29 is 9.53 Å². The number of nitrogens with one attached hydrogen (secondary N) is 1. The molecule has 0 bridgehead atoms. The molecule has 0 aliphatic rings. The van der Waals surface area contributed by atoms with E-state index in [1.54, 1.807) is 17.4 Å². The highest BCUT2D eigenvalue weighted by Gasteiger charge is 2.03. The van der Waals surface area contributed by atoms with Crippen LogP contribution in [-0.2, 0) is 4.79 Å². The second-order valence-corrected chi connectivity index (χ2v) is 6.72. The number of amides is 1. The van der Waals surface area contributed by atoms with Gasteiger partial charge in [-0.3, -0.25) is 4.79 Å². The molecule has 2 aromatic carbocycles. The van der Waals surface area contributed by atoms with Crippen molar-refractivity contribution >= 4 is 29.0 Å². The topological polar surface area (TPSA) is 51.2 Å². The van der Waals surface area contributed by atoms with Crippen LogP contribution in [0.3, 0.4) is 0 Å². The molecule has 132 valence electrons. The third kappa shape index (κ3) is 4.80. The van der Waals surface area contributed by atoms with Crippen molar-refractivity contribution in [3.05, 3.63) is 70.6 Å². The minimum absolute atomic E-state index is 0.170. The number of ether oxygens (including phenoxy) is 1. The maximum absolute atomic E-state index is 12.1. The molecular formula is C21H20N2O2S. The molecule has 0 saturated carbocycles. The molecule has 26 heavy (non-hydrogen) atoms. The van der Waals surface area contributed by atoms with Gasteiger partial charge < -0.3 is 10.1 Å². The summed E-state index contributed by atoms with van der Waals surface area (Å²) in [5.74, 6) is 0.653. The molecule has 1 aromatic heterocycles. The minimum Gasteiger partial charge on any atom is -0.494 e. The smallest absolute Gasteiger partial charge is 0.248 e. The number of carbonyl (C=O) groups is 1. The molecule has 0 atom stereocenters. The monoisotopic (exact) mass is 364 g/mol. The van der Waals surface area contributed by atoms with Crippen LogP contribution in [0.4, 0.5) is 5.69 Å². The number of nitrogens with zero attached hydrogens (tertiary/aromatic N) is 1. The average molecular weight is 364 g/mol.